The van der Waals surface area contributed by atoms with Gasteiger partial charge in [0.25, 0.3) is 0 Å². The number of rotatable bonds is 7. The smallest absolute Gasteiger partial charge is 0.307 e. The molecule has 0 aliphatic rings. The van der Waals surface area contributed by atoms with Crippen LogP contribution in [0.5, 0.6) is 0 Å². The van der Waals surface area contributed by atoms with Crippen LogP contribution in [0.2, 0.25) is 0 Å². The fourth-order valence-corrected chi connectivity index (χ4v) is 2.23. The Hall–Kier alpha value is -2.22. The molecule has 21 heavy (non-hydrogen) atoms. The van der Waals surface area contributed by atoms with Gasteiger partial charge in [-0.3, -0.25) is 9.59 Å². The van der Waals surface area contributed by atoms with Crippen molar-refractivity contribution in [1.29, 1.82) is 0 Å². The maximum atomic E-state index is 11.6. The number of nitrogens with one attached hydrogen (secondary N) is 1. The second kappa shape index (κ2) is 7.53. The summed E-state index contributed by atoms with van der Waals surface area (Å²) in [4.78, 5) is 27.6. The zero-order valence-corrected chi connectivity index (χ0v) is 12.3. The molecule has 0 aliphatic carbocycles. The maximum Gasteiger partial charge on any atom is 0.307 e. The Morgan fingerprint density at radius 3 is 3.00 bits per heavy atom. The molecule has 0 radical (unpaired) electrons. The molecule has 0 unspecified atom stereocenters. The highest BCUT2D eigenvalue weighted by Crippen LogP contribution is 2.21. The minimum absolute atomic E-state index is 0.158. The van der Waals surface area contributed by atoms with Crippen LogP contribution in [-0.2, 0) is 20.7 Å². The summed E-state index contributed by atoms with van der Waals surface area (Å²) in [5.41, 5.74) is 0. The Morgan fingerprint density at radius 1 is 1.43 bits per heavy atom. The summed E-state index contributed by atoms with van der Waals surface area (Å²) >= 11 is 1.52. The van der Waals surface area contributed by atoms with E-state index in [1.54, 1.807) is 0 Å². The lowest BCUT2D eigenvalue weighted by atomic mass is 10.3. The van der Waals surface area contributed by atoms with Crippen molar-refractivity contribution in [2.45, 2.75) is 19.3 Å². The van der Waals surface area contributed by atoms with Crippen LogP contribution >= 0.6 is 11.3 Å². The molecule has 0 bridgehead atoms. The number of amides is 1. The molecule has 2 aromatic rings. The van der Waals surface area contributed by atoms with E-state index < -0.39 is 0 Å². The third kappa shape index (κ3) is 4.67. The number of aromatic nitrogens is 2. The van der Waals surface area contributed by atoms with Gasteiger partial charge in [-0.2, -0.15) is 4.98 Å². The van der Waals surface area contributed by atoms with Crippen LogP contribution in [0, 0.1) is 0 Å². The van der Waals surface area contributed by atoms with Crippen molar-refractivity contribution in [3.8, 4) is 10.7 Å². The largest absolute Gasteiger partial charge is 0.469 e. The van der Waals surface area contributed by atoms with Gasteiger partial charge in [-0.05, 0) is 11.4 Å². The summed E-state index contributed by atoms with van der Waals surface area (Å²) in [7, 11) is 1.31. The van der Waals surface area contributed by atoms with Gasteiger partial charge < -0.3 is 14.6 Å². The maximum absolute atomic E-state index is 11.6. The second-order valence-electron chi connectivity index (χ2n) is 4.17. The average Bonchev–Trinajstić information content (AvgIpc) is 3.15. The molecule has 0 fully saturated rings. The van der Waals surface area contributed by atoms with Gasteiger partial charge in [0.1, 0.15) is 0 Å². The fraction of sp³-hybridized carbons (Fsp3) is 0.385. The lowest BCUT2D eigenvalue weighted by Gasteiger charge is -2.02. The quantitative estimate of drug-likeness (QED) is 0.777. The molecule has 2 rings (SSSR count). The van der Waals surface area contributed by atoms with Crippen LogP contribution < -0.4 is 5.32 Å². The van der Waals surface area contributed by atoms with Crippen molar-refractivity contribution in [1.82, 2.24) is 15.5 Å². The van der Waals surface area contributed by atoms with Crippen molar-refractivity contribution in [3.63, 3.8) is 0 Å². The third-order valence-electron chi connectivity index (χ3n) is 2.65. The van der Waals surface area contributed by atoms with E-state index in [1.165, 1.54) is 18.4 Å². The van der Waals surface area contributed by atoms with Crippen LogP contribution in [0.4, 0.5) is 0 Å². The van der Waals surface area contributed by atoms with Crippen molar-refractivity contribution in [2.24, 2.45) is 0 Å². The highest BCUT2D eigenvalue weighted by Gasteiger charge is 2.11. The monoisotopic (exact) mass is 309 g/mol. The molecule has 7 nitrogen and oxygen atoms in total. The first-order chi connectivity index (χ1) is 10.2. The molecule has 2 heterocycles. The zero-order valence-electron chi connectivity index (χ0n) is 11.5. The number of hydrogen-bond donors (Lipinski definition) is 1. The Morgan fingerprint density at radius 2 is 2.29 bits per heavy atom. The van der Waals surface area contributed by atoms with E-state index in [9.17, 15) is 9.59 Å². The molecular weight excluding hydrogens is 294 g/mol. The Balaban J connectivity index is 1.73. The molecule has 0 atom stereocenters. The van der Waals surface area contributed by atoms with E-state index in [1.807, 2.05) is 17.5 Å². The molecule has 8 heteroatoms. The Labute approximate surface area is 125 Å². The van der Waals surface area contributed by atoms with Gasteiger partial charge in [0, 0.05) is 19.4 Å². The number of methoxy groups -OCH3 is 1. The van der Waals surface area contributed by atoms with Crippen molar-refractivity contribution in [3.05, 3.63) is 23.4 Å². The Bertz CT molecular complexity index is 594. The number of carbonyl (C=O) groups excluding carboxylic acids is 2. The van der Waals surface area contributed by atoms with Gasteiger partial charge in [-0.25, -0.2) is 0 Å². The summed E-state index contributed by atoms with van der Waals surface area (Å²) in [6, 6.07) is 3.81. The third-order valence-corrected chi connectivity index (χ3v) is 3.52. The standard InChI is InChI=1S/C13H15N3O4S/c1-19-12(18)6-7-14-10(17)4-5-11-15-13(16-20-11)9-3-2-8-21-9/h2-3,8H,4-7H2,1H3,(H,14,17). The highest BCUT2D eigenvalue weighted by molar-refractivity contribution is 7.13. The van der Waals surface area contributed by atoms with Crippen molar-refractivity contribution < 1.29 is 18.8 Å². The predicted octanol–water partition coefficient (Wildman–Crippen LogP) is 1.41. The summed E-state index contributed by atoms with van der Waals surface area (Å²) in [5.74, 6) is 0.426. The summed E-state index contributed by atoms with van der Waals surface area (Å²) in [6.07, 6.45) is 0.751. The van der Waals surface area contributed by atoms with E-state index in [-0.39, 0.29) is 31.3 Å². The predicted molar refractivity (Wildman–Crippen MR) is 75.6 cm³/mol. The number of esters is 1. The highest BCUT2D eigenvalue weighted by atomic mass is 32.1. The van der Waals surface area contributed by atoms with E-state index in [0.29, 0.717) is 18.1 Å². The van der Waals surface area contributed by atoms with E-state index in [2.05, 4.69) is 20.2 Å². The van der Waals surface area contributed by atoms with Crippen molar-refractivity contribution in [2.75, 3.05) is 13.7 Å². The second-order valence-corrected chi connectivity index (χ2v) is 5.11. The summed E-state index contributed by atoms with van der Waals surface area (Å²) < 4.78 is 9.57. The normalized spacial score (nSPS) is 10.3. The number of thiophene rings is 1. The molecule has 0 saturated heterocycles. The average molecular weight is 309 g/mol. The van der Waals surface area contributed by atoms with Crippen LogP contribution in [0.1, 0.15) is 18.7 Å². The van der Waals surface area contributed by atoms with Gasteiger partial charge in [0.15, 0.2) is 0 Å². The summed E-state index contributed by atoms with van der Waals surface area (Å²) in [5, 5.41) is 8.42. The first kappa shape index (κ1) is 15.2. The van der Waals surface area contributed by atoms with Gasteiger partial charge in [-0.1, -0.05) is 11.2 Å². The first-order valence-corrected chi connectivity index (χ1v) is 7.27. The number of nitrogens with zero attached hydrogens (tertiary/aromatic N) is 2. The topological polar surface area (TPSA) is 94.3 Å². The van der Waals surface area contributed by atoms with E-state index >= 15 is 0 Å². The van der Waals surface area contributed by atoms with Gasteiger partial charge in [0.2, 0.25) is 17.6 Å². The molecule has 0 spiro atoms. The van der Waals surface area contributed by atoms with Gasteiger partial charge in [0.05, 0.1) is 18.4 Å². The minimum Gasteiger partial charge on any atom is -0.469 e. The van der Waals surface area contributed by atoms with E-state index in [0.717, 1.165) is 4.88 Å². The zero-order chi connectivity index (χ0) is 15.1. The van der Waals surface area contributed by atoms with Gasteiger partial charge >= 0.3 is 5.97 Å². The first-order valence-electron chi connectivity index (χ1n) is 6.39. The molecular formula is C13H15N3O4S. The SMILES string of the molecule is COC(=O)CCNC(=O)CCc1nc(-c2cccs2)no1. The molecule has 2 aromatic heterocycles. The minimum atomic E-state index is -0.354. The molecule has 0 aromatic carbocycles. The lowest BCUT2D eigenvalue weighted by molar-refractivity contribution is -0.140. The number of ether oxygens (including phenoxy) is 1. The van der Waals surface area contributed by atoms with Crippen LogP contribution in [-0.4, -0.2) is 35.7 Å². The number of hydrogen-bond acceptors (Lipinski definition) is 7. The summed E-state index contributed by atoms with van der Waals surface area (Å²) in [6.45, 7) is 0.260. The number of carbonyl (C=O) groups is 2. The van der Waals surface area contributed by atoms with Gasteiger partial charge in [-0.15, -0.1) is 11.3 Å². The van der Waals surface area contributed by atoms with Crippen LogP contribution in [0.3, 0.4) is 0 Å². The Kier molecular flexibility index (Phi) is 5.44. The molecule has 1 N–H and O–H groups in total. The van der Waals surface area contributed by atoms with Crippen molar-refractivity contribution >= 4 is 23.2 Å². The lowest BCUT2D eigenvalue weighted by Crippen LogP contribution is -2.26. The molecule has 112 valence electrons. The van der Waals surface area contributed by atoms with Crippen LogP contribution in [0.15, 0.2) is 22.0 Å². The number of aryl methyl sites for hydroxylation is 1. The van der Waals surface area contributed by atoms with E-state index in [4.69, 9.17) is 4.52 Å². The molecule has 1 amide bonds. The fourth-order valence-electron chi connectivity index (χ4n) is 1.58. The van der Waals surface area contributed by atoms with Crippen LogP contribution in [0.25, 0.3) is 10.7 Å². The molecule has 0 aliphatic heterocycles. The molecule has 0 saturated carbocycles.